The molecule has 0 atom stereocenters. The van der Waals surface area contributed by atoms with Gasteiger partial charge in [-0.2, -0.15) is 0 Å². The molecule has 112 valence electrons. The van der Waals surface area contributed by atoms with Gasteiger partial charge in [-0.25, -0.2) is 9.97 Å². The van der Waals surface area contributed by atoms with Crippen molar-refractivity contribution in [3.63, 3.8) is 0 Å². The quantitative estimate of drug-likeness (QED) is 0.754. The summed E-state index contributed by atoms with van der Waals surface area (Å²) in [6, 6.07) is 0.617. The van der Waals surface area contributed by atoms with E-state index in [1.807, 2.05) is 6.92 Å². The molecule has 0 unspecified atom stereocenters. The molecule has 3 nitrogen and oxygen atoms in total. The fourth-order valence-corrected chi connectivity index (χ4v) is 3.16. The molecule has 1 saturated carbocycles. The fraction of sp³-hybridized carbons (Fsp3) is 0.750. The van der Waals surface area contributed by atoms with Gasteiger partial charge in [-0.1, -0.05) is 45.2 Å². The number of rotatable bonds is 5. The van der Waals surface area contributed by atoms with Crippen molar-refractivity contribution in [1.29, 1.82) is 0 Å². The summed E-state index contributed by atoms with van der Waals surface area (Å²) in [6.07, 6.45) is 6.03. The Hall–Kier alpha value is -0.830. The lowest BCUT2D eigenvalue weighted by atomic mass is 10.1. The minimum Gasteiger partial charge on any atom is -0.353 e. The number of hydrogen-bond donors (Lipinski definition) is 0. The summed E-state index contributed by atoms with van der Waals surface area (Å²) in [5.74, 6) is 2.53. The smallest absolute Gasteiger partial charge is 0.137 e. The zero-order valence-electron chi connectivity index (χ0n) is 13.1. The van der Waals surface area contributed by atoms with Crippen molar-refractivity contribution in [2.24, 2.45) is 5.92 Å². The van der Waals surface area contributed by atoms with Crippen molar-refractivity contribution in [2.45, 2.75) is 65.8 Å². The van der Waals surface area contributed by atoms with E-state index in [-0.39, 0.29) is 0 Å². The van der Waals surface area contributed by atoms with E-state index >= 15 is 0 Å². The molecule has 4 heteroatoms. The van der Waals surface area contributed by atoms with Gasteiger partial charge in [-0.05, 0) is 25.7 Å². The van der Waals surface area contributed by atoms with E-state index in [2.05, 4.69) is 30.7 Å². The third-order valence-electron chi connectivity index (χ3n) is 4.02. The second-order valence-electron chi connectivity index (χ2n) is 6.22. The molecular weight excluding hydrogens is 270 g/mol. The molecule has 0 aliphatic heterocycles. The predicted molar refractivity (Wildman–Crippen MR) is 85.6 cm³/mol. The van der Waals surface area contributed by atoms with E-state index in [9.17, 15) is 0 Å². The molecule has 0 bridgehead atoms. The van der Waals surface area contributed by atoms with Crippen LogP contribution >= 0.6 is 11.6 Å². The lowest BCUT2D eigenvalue weighted by molar-refractivity contribution is 0.529. The summed E-state index contributed by atoms with van der Waals surface area (Å²) in [7, 11) is 0. The average molecular weight is 296 g/mol. The van der Waals surface area contributed by atoms with E-state index in [1.54, 1.807) is 0 Å². The van der Waals surface area contributed by atoms with Crippen molar-refractivity contribution in [2.75, 3.05) is 11.4 Å². The fourth-order valence-electron chi connectivity index (χ4n) is 2.98. The molecule has 0 radical (unpaired) electrons. The minimum atomic E-state index is 0.610. The third kappa shape index (κ3) is 3.43. The summed E-state index contributed by atoms with van der Waals surface area (Å²) >= 11 is 6.31. The lowest BCUT2D eigenvalue weighted by Gasteiger charge is -2.33. The number of aryl methyl sites for hydroxylation is 1. The van der Waals surface area contributed by atoms with Gasteiger partial charge in [-0.3, -0.25) is 0 Å². The Morgan fingerprint density at radius 3 is 2.45 bits per heavy atom. The van der Waals surface area contributed by atoms with Crippen LogP contribution in [0.4, 0.5) is 5.82 Å². The lowest BCUT2D eigenvalue weighted by Crippen LogP contribution is -2.37. The first-order valence-electron chi connectivity index (χ1n) is 7.82. The van der Waals surface area contributed by atoms with Gasteiger partial charge in [0, 0.05) is 24.6 Å². The largest absolute Gasteiger partial charge is 0.353 e. The van der Waals surface area contributed by atoms with Crippen molar-refractivity contribution < 1.29 is 0 Å². The van der Waals surface area contributed by atoms with Crippen LogP contribution in [-0.4, -0.2) is 22.6 Å². The molecule has 0 aromatic carbocycles. The Labute approximate surface area is 127 Å². The Morgan fingerprint density at radius 1 is 1.25 bits per heavy atom. The van der Waals surface area contributed by atoms with Crippen molar-refractivity contribution in [3.8, 4) is 0 Å². The first kappa shape index (κ1) is 15.6. The first-order chi connectivity index (χ1) is 9.52. The highest BCUT2D eigenvalue weighted by atomic mass is 35.5. The first-order valence-corrected chi connectivity index (χ1v) is 8.20. The Balaban J connectivity index is 2.38. The van der Waals surface area contributed by atoms with Gasteiger partial charge in [0.15, 0.2) is 0 Å². The van der Waals surface area contributed by atoms with E-state index < -0.39 is 0 Å². The van der Waals surface area contributed by atoms with E-state index in [4.69, 9.17) is 16.6 Å². The zero-order chi connectivity index (χ0) is 14.7. The van der Waals surface area contributed by atoms with Crippen molar-refractivity contribution >= 4 is 17.4 Å². The summed E-state index contributed by atoms with van der Waals surface area (Å²) in [4.78, 5) is 11.6. The third-order valence-corrected chi connectivity index (χ3v) is 4.39. The van der Waals surface area contributed by atoms with Gasteiger partial charge in [0.2, 0.25) is 0 Å². The van der Waals surface area contributed by atoms with Crippen LogP contribution in [0.25, 0.3) is 0 Å². The van der Waals surface area contributed by atoms with Gasteiger partial charge in [-0.15, -0.1) is 0 Å². The number of hydrogen-bond acceptors (Lipinski definition) is 3. The molecule has 0 amide bonds. The predicted octanol–water partition coefficient (Wildman–Crippen LogP) is 4.41. The maximum Gasteiger partial charge on any atom is 0.137 e. The Kier molecular flexibility index (Phi) is 5.25. The molecule has 1 aliphatic carbocycles. The standard InChI is InChI=1S/C16H26ClN3/c1-5-14-18-15(17)12(4)16(19-14)20(10-11(2)3)13-8-6-7-9-13/h11,13H,5-10H2,1-4H3. The number of aromatic nitrogens is 2. The molecule has 20 heavy (non-hydrogen) atoms. The van der Waals surface area contributed by atoms with Gasteiger partial charge in [0.1, 0.15) is 16.8 Å². The molecule has 0 N–H and O–H groups in total. The topological polar surface area (TPSA) is 29.0 Å². The normalized spacial score (nSPS) is 16.1. The van der Waals surface area contributed by atoms with Gasteiger partial charge in [0.05, 0.1) is 0 Å². The van der Waals surface area contributed by atoms with Crippen LogP contribution in [0.15, 0.2) is 0 Å². The molecule has 0 spiro atoms. The number of halogens is 1. The summed E-state index contributed by atoms with van der Waals surface area (Å²) < 4.78 is 0. The molecule has 2 rings (SSSR count). The Bertz CT molecular complexity index is 453. The van der Waals surface area contributed by atoms with Gasteiger partial charge >= 0.3 is 0 Å². The van der Waals surface area contributed by atoms with Gasteiger partial charge < -0.3 is 4.90 Å². The van der Waals surface area contributed by atoms with Gasteiger partial charge in [0.25, 0.3) is 0 Å². The summed E-state index contributed by atoms with van der Waals surface area (Å²) in [5.41, 5.74) is 1.02. The van der Waals surface area contributed by atoms with Crippen LogP contribution < -0.4 is 4.90 Å². The molecule has 1 aromatic rings. The molecule has 0 saturated heterocycles. The number of anilines is 1. The minimum absolute atomic E-state index is 0.610. The zero-order valence-corrected chi connectivity index (χ0v) is 13.9. The second-order valence-corrected chi connectivity index (χ2v) is 6.58. The average Bonchev–Trinajstić information content (AvgIpc) is 2.93. The highest BCUT2D eigenvalue weighted by molar-refractivity contribution is 6.30. The van der Waals surface area contributed by atoms with E-state index in [0.717, 1.165) is 30.2 Å². The molecule has 1 heterocycles. The van der Waals surface area contributed by atoms with E-state index in [1.165, 1.54) is 25.7 Å². The molecular formula is C16H26ClN3. The second kappa shape index (κ2) is 6.75. The van der Waals surface area contributed by atoms with Crippen LogP contribution in [0.2, 0.25) is 5.15 Å². The highest BCUT2D eigenvalue weighted by Gasteiger charge is 2.26. The van der Waals surface area contributed by atoms with Crippen LogP contribution in [0.1, 0.15) is 57.8 Å². The summed E-state index contributed by atoms with van der Waals surface area (Å²) in [5, 5.41) is 0.610. The molecule has 1 fully saturated rings. The van der Waals surface area contributed by atoms with E-state index in [0.29, 0.717) is 17.1 Å². The molecule has 1 aliphatic rings. The summed E-state index contributed by atoms with van der Waals surface area (Å²) in [6.45, 7) is 9.69. The SMILES string of the molecule is CCc1nc(Cl)c(C)c(N(CC(C)C)C2CCCC2)n1. The van der Waals surface area contributed by atoms with Crippen molar-refractivity contribution in [3.05, 3.63) is 16.5 Å². The Morgan fingerprint density at radius 2 is 1.90 bits per heavy atom. The van der Waals surface area contributed by atoms with Crippen LogP contribution in [0, 0.1) is 12.8 Å². The maximum absolute atomic E-state index is 6.31. The van der Waals surface area contributed by atoms with Crippen molar-refractivity contribution in [1.82, 2.24) is 9.97 Å². The van der Waals surface area contributed by atoms with Crippen LogP contribution in [0.3, 0.4) is 0 Å². The number of nitrogens with zero attached hydrogens (tertiary/aromatic N) is 3. The maximum atomic E-state index is 6.31. The molecule has 1 aromatic heterocycles. The highest BCUT2D eigenvalue weighted by Crippen LogP contribution is 2.31. The van der Waals surface area contributed by atoms with Crippen LogP contribution in [0.5, 0.6) is 0 Å². The van der Waals surface area contributed by atoms with Crippen LogP contribution in [-0.2, 0) is 6.42 Å². The monoisotopic (exact) mass is 295 g/mol.